The van der Waals surface area contributed by atoms with E-state index < -0.39 is 0 Å². The van der Waals surface area contributed by atoms with Crippen molar-refractivity contribution in [3.63, 3.8) is 0 Å². The van der Waals surface area contributed by atoms with Crippen LogP contribution in [0, 0.1) is 6.92 Å². The number of rotatable bonds is 6. The Morgan fingerprint density at radius 3 is 2.41 bits per heavy atom. The summed E-state index contributed by atoms with van der Waals surface area (Å²) in [5.41, 5.74) is 4.00. The molecule has 0 aliphatic carbocycles. The number of benzene rings is 2. The van der Waals surface area contributed by atoms with Crippen molar-refractivity contribution in [3.8, 4) is 0 Å². The van der Waals surface area contributed by atoms with Gasteiger partial charge in [-0.15, -0.1) is 0 Å². The van der Waals surface area contributed by atoms with Crippen molar-refractivity contribution in [3.05, 3.63) is 59.7 Å². The summed E-state index contributed by atoms with van der Waals surface area (Å²) in [6.45, 7) is 4.15. The second kappa shape index (κ2) is 9.21. The summed E-state index contributed by atoms with van der Waals surface area (Å²) in [7, 11) is 0. The first kappa shape index (κ1) is 19.0. The average Bonchev–Trinajstić information content (AvgIpc) is 2.68. The van der Waals surface area contributed by atoms with Gasteiger partial charge in [0.15, 0.2) is 0 Å². The minimum atomic E-state index is -0.224. The van der Waals surface area contributed by atoms with Crippen LogP contribution in [0.4, 0.5) is 11.4 Å². The van der Waals surface area contributed by atoms with E-state index in [9.17, 15) is 9.59 Å². The number of piperidine rings is 1. The van der Waals surface area contributed by atoms with Crippen LogP contribution in [0.25, 0.3) is 0 Å². The van der Waals surface area contributed by atoms with Gasteiger partial charge in [0.25, 0.3) is 0 Å². The highest BCUT2D eigenvalue weighted by Gasteiger charge is 2.11. The van der Waals surface area contributed by atoms with Crippen molar-refractivity contribution >= 4 is 23.2 Å². The monoisotopic (exact) mass is 365 g/mol. The van der Waals surface area contributed by atoms with Crippen LogP contribution in [0.3, 0.4) is 0 Å². The maximum Gasteiger partial charge on any atom is 0.243 e. The standard InChI is InChI=1S/C22H27N3O2/c1-17-6-5-7-18(14-17)15-21(26)23-16-22(27)24-19-8-10-20(11-9-19)25-12-3-2-4-13-25/h5-11,14H,2-4,12-13,15-16H2,1H3,(H,23,26)(H,24,27). The van der Waals surface area contributed by atoms with Crippen LogP contribution < -0.4 is 15.5 Å². The van der Waals surface area contributed by atoms with Gasteiger partial charge >= 0.3 is 0 Å². The molecule has 0 spiro atoms. The molecule has 2 N–H and O–H groups in total. The third kappa shape index (κ3) is 5.84. The molecule has 27 heavy (non-hydrogen) atoms. The smallest absolute Gasteiger partial charge is 0.243 e. The number of aryl methyl sites for hydroxylation is 1. The van der Waals surface area contributed by atoms with Crippen LogP contribution in [0.1, 0.15) is 30.4 Å². The summed E-state index contributed by atoms with van der Waals surface area (Å²) in [5, 5.41) is 5.50. The Morgan fingerprint density at radius 1 is 0.963 bits per heavy atom. The van der Waals surface area contributed by atoms with Gasteiger partial charge in [-0.05, 0) is 56.0 Å². The lowest BCUT2D eigenvalue weighted by Gasteiger charge is -2.28. The summed E-state index contributed by atoms with van der Waals surface area (Å²) in [5.74, 6) is -0.380. The average molecular weight is 365 g/mol. The number of carbonyl (C=O) groups excluding carboxylic acids is 2. The van der Waals surface area contributed by atoms with Crippen LogP contribution >= 0.6 is 0 Å². The largest absolute Gasteiger partial charge is 0.372 e. The Hall–Kier alpha value is -2.82. The van der Waals surface area contributed by atoms with E-state index in [1.54, 1.807) is 0 Å². The van der Waals surface area contributed by atoms with Gasteiger partial charge in [0.2, 0.25) is 11.8 Å². The van der Waals surface area contributed by atoms with E-state index in [1.807, 2.05) is 55.5 Å². The van der Waals surface area contributed by atoms with Gasteiger partial charge in [0.05, 0.1) is 13.0 Å². The molecular weight excluding hydrogens is 338 g/mol. The van der Waals surface area contributed by atoms with Gasteiger partial charge in [-0.25, -0.2) is 0 Å². The maximum atomic E-state index is 12.1. The number of anilines is 2. The minimum absolute atomic E-state index is 0.0292. The number of nitrogens with zero attached hydrogens (tertiary/aromatic N) is 1. The van der Waals surface area contributed by atoms with Gasteiger partial charge < -0.3 is 15.5 Å². The van der Waals surface area contributed by atoms with Crippen LogP contribution in [0.2, 0.25) is 0 Å². The summed E-state index contributed by atoms with van der Waals surface area (Å²) < 4.78 is 0. The van der Waals surface area contributed by atoms with E-state index >= 15 is 0 Å². The van der Waals surface area contributed by atoms with E-state index in [4.69, 9.17) is 0 Å². The fourth-order valence-electron chi connectivity index (χ4n) is 3.36. The van der Waals surface area contributed by atoms with Crippen LogP contribution in [0.15, 0.2) is 48.5 Å². The van der Waals surface area contributed by atoms with Gasteiger partial charge in [-0.2, -0.15) is 0 Å². The molecule has 1 aliphatic rings. The minimum Gasteiger partial charge on any atom is -0.372 e. The molecule has 1 aliphatic heterocycles. The van der Waals surface area contributed by atoms with Crippen molar-refractivity contribution in [2.45, 2.75) is 32.6 Å². The van der Waals surface area contributed by atoms with Crippen LogP contribution in [0.5, 0.6) is 0 Å². The van der Waals surface area contributed by atoms with Gasteiger partial charge in [0, 0.05) is 24.5 Å². The zero-order valence-corrected chi connectivity index (χ0v) is 15.8. The number of hydrogen-bond donors (Lipinski definition) is 2. The molecule has 2 aromatic carbocycles. The number of carbonyl (C=O) groups is 2. The van der Waals surface area contributed by atoms with Gasteiger partial charge in [0.1, 0.15) is 0 Å². The molecule has 5 nitrogen and oxygen atoms in total. The molecule has 2 amide bonds. The Morgan fingerprint density at radius 2 is 1.70 bits per heavy atom. The van der Waals surface area contributed by atoms with Crippen molar-refractivity contribution < 1.29 is 9.59 Å². The fourth-order valence-corrected chi connectivity index (χ4v) is 3.36. The molecule has 0 atom stereocenters. The van der Waals surface area contributed by atoms with Crippen molar-refractivity contribution in [1.29, 1.82) is 0 Å². The van der Waals surface area contributed by atoms with E-state index in [0.29, 0.717) is 0 Å². The summed E-state index contributed by atoms with van der Waals surface area (Å²) in [4.78, 5) is 26.5. The van der Waals surface area contributed by atoms with Crippen molar-refractivity contribution in [1.82, 2.24) is 5.32 Å². The number of hydrogen-bond acceptors (Lipinski definition) is 3. The Labute approximate surface area is 160 Å². The lowest BCUT2D eigenvalue weighted by Crippen LogP contribution is -2.33. The fraction of sp³-hybridized carbons (Fsp3) is 0.364. The summed E-state index contributed by atoms with van der Waals surface area (Å²) in [6.07, 6.45) is 4.06. The molecule has 3 rings (SSSR count). The SMILES string of the molecule is Cc1cccc(CC(=O)NCC(=O)Nc2ccc(N3CCCCC3)cc2)c1. The molecule has 142 valence electrons. The molecule has 0 radical (unpaired) electrons. The quantitative estimate of drug-likeness (QED) is 0.826. The molecule has 0 bridgehead atoms. The van der Waals surface area contributed by atoms with Gasteiger partial charge in [-0.1, -0.05) is 29.8 Å². The molecule has 1 saturated heterocycles. The third-order valence-corrected chi connectivity index (χ3v) is 4.77. The first-order valence-corrected chi connectivity index (χ1v) is 9.57. The summed E-state index contributed by atoms with van der Waals surface area (Å²) >= 11 is 0. The van der Waals surface area contributed by atoms with Crippen LogP contribution in [-0.2, 0) is 16.0 Å². The van der Waals surface area contributed by atoms with E-state index in [-0.39, 0.29) is 24.8 Å². The highest BCUT2D eigenvalue weighted by atomic mass is 16.2. The second-order valence-electron chi connectivity index (χ2n) is 7.09. The Kier molecular flexibility index (Phi) is 6.47. The molecule has 0 saturated carbocycles. The predicted molar refractivity (Wildman–Crippen MR) is 109 cm³/mol. The first-order valence-electron chi connectivity index (χ1n) is 9.57. The topological polar surface area (TPSA) is 61.4 Å². The number of amides is 2. The Bertz CT molecular complexity index is 780. The number of nitrogens with one attached hydrogen (secondary N) is 2. The van der Waals surface area contributed by atoms with E-state index in [0.717, 1.165) is 29.9 Å². The van der Waals surface area contributed by atoms with Gasteiger partial charge in [-0.3, -0.25) is 9.59 Å². The molecule has 1 fully saturated rings. The molecule has 0 aromatic heterocycles. The van der Waals surface area contributed by atoms with E-state index in [2.05, 4.69) is 15.5 Å². The zero-order valence-electron chi connectivity index (χ0n) is 15.8. The molecule has 5 heteroatoms. The summed E-state index contributed by atoms with van der Waals surface area (Å²) in [6, 6.07) is 15.7. The highest BCUT2D eigenvalue weighted by Crippen LogP contribution is 2.21. The lowest BCUT2D eigenvalue weighted by atomic mass is 10.1. The second-order valence-corrected chi connectivity index (χ2v) is 7.09. The first-order chi connectivity index (χ1) is 13.1. The molecule has 0 unspecified atom stereocenters. The van der Waals surface area contributed by atoms with E-state index in [1.165, 1.54) is 24.9 Å². The zero-order chi connectivity index (χ0) is 19.1. The Balaban J connectivity index is 1.44. The highest BCUT2D eigenvalue weighted by molar-refractivity contribution is 5.94. The molecule has 1 heterocycles. The lowest BCUT2D eigenvalue weighted by molar-refractivity contribution is -0.123. The van der Waals surface area contributed by atoms with Crippen molar-refractivity contribution in [2.75, 3.05) is 29.9 Å². The molecular formula is C22H27N3O2. The predicted octanol–water partition coefficient (Wildman–Crippen LogP) is 3.28. The molecule has 2 aromatic rings. The normalized spacial score (nSPS) is 13.9. The third-order valence-electron chi connectivity index (χ3n) is 4.77. The maximum absolute atomic E-state index is 12.1. The van der Waals surface area contributed by atoms with Crippen molar-refractivity contribution in [2.24, 2.45) is 0 Å². The van der Waals surface area contributed by atoms with Crippen LogP contribution in [-0.4, -0.2) is 31.4 Å².